The molecule has 0 N–H and O–H groups in total. The first-order chi connectivity index (χ1) is 18.6. The zero-order chi connectivity index (χ0) is 26.1. The molecule has 0 unspecified atom stereocenters. The van der Waals surface area contributed by atoms with Crippen LogP contribution in [0.4, 0.5) is 0 Å². The molecule has 0 radical (unpaired) electrons. The van der Waals surface area contributed by atoms with E-state index in [1.165, 1.54) is 4.68 Å². The third-order valence-corrected chi connectivity index (χ3v) is 7.23. The number of methoxy groups -OCH3 is 1. The SMILES string of the molecule is COc1cccc2oc(-c3nc4ccccc4c(=O)n3N=Cc3ccc(Sc4ccc(Cl)cc4)cc3)cc12. The van der Waals surface area contributed by atoms with Crippen LogP contribution < -0.4 is 10.3 Å². The Kier molecular flexibility index (Phi) is 6.45. The van der Waals surface area contributed by atoms with Crippen molar-refractivity contribution in [3.8, 4) is 17.3 Å². The number of aromatic nitrogens is 2. The maximum Gasteiger partial charge on any atom is 0.282 e. The molecule has 4 aromatic carbocycles. The zero-order valence-corrected chi connectivity index (χ0v) is 21.7. The van der Waals surface area contributed by atoms with Gasteiger partial charge < -0.3 is 9.15 Å². The molecule has 0 amide bonds. The minimum atomic E-state index is -0.288. The monoisotopic (exact) mass is 537 g/mol. The quantitative estimate of drug-likeness (QED) is 0.206. The highest BCUT2D eigenvalue weighted by Gasteiger charge is 2.17. The Labute approximate surface area is 227 Å². The van der Waals surface area contributed by atoms with Crippen LogP contribution in [0.15, 0.2) is 121 Å². The van der Waals surface area contributed by atoms with E-state index in [0.29, 0.717) is 38.8 Å². The van der Waals surface area contributed by atoms with Crippen molar-refractivity contribution in [2.75, 3.05) is 7.11 Å². The van der Waals surface area contributed by atoms with Gasteiger partial charge in [0.2, 0.25) is 5.82 Å². The number of ether oxygens (including phenoxy) is 1. The predicted octanol–water partition coefficient (Wildman–Crippen LogP) is 7.51. The summed E-state index contributed by atoms with van der Waals surface area (Å²) in [5, 5.41) is 6.51. The van der Waals surface area contributed by atoms with E-state index in [2.05, 4.69) is 5.10 Å². The summed E-state index contributed by atoms with van der Waals surface area (Å²) < 4.78 is 12.8. The molecule has 0 saturated heterocycles. The second kappa shape index (κ2) is 10.2. The topological polar surface area (TPSA) is 69.6 Å². The summed E-state index contributed by atoms with van der Waals surface area (Å²) in [5.41, 5.74) is 1.74. The van der Waals surface area contributed by atoms with E-state index < -0.39 is 0 Å². The molecule has 8 heteroatoms. The van der Waals surface area contributed by atoms with Crippen molar-refractivity contribution in [1.29, 1.82) is 0 Å². The van der Waals surface area contributed by atoms with Gasteiger partial charge in [0.05, 0.1) is 29.6 Å². The molecule has 2 aromatic heterocycles. The van der Waals surface area contributed by atoms with Crippen molar-refractivity contribution < 1.29 is 9.15 Å². The number of nitrogens with zero attached hydrogens (tertiary/aromatic N) is 3. The van der Waals surface area contributed by atoms with Crippen LogP contribution in [-0.2, 0) is 0 Å². The molecule has 38 heavy (non-hydrogen) atoms. The molecule has 0 bridgehead atoms. The van der Waals surface area contributed by atoms with Gasteiger partial charge in [0.1, 0.15) is 11.3 Å². The summed E-state index contributed by atoms with van der Waals surface area (Å²) >= 11 is 7.62. The lowest BCUT2D eigenvalue weighted by Crippen LogP contribution is -2.20. The molecule has 0 spiro atoms. The lowest BCUT2D eigenvalue weighted by molar-refractivity contribution is 0.419. The van der Waals surface area contributed by atoms with Crippen molar-refractivity contribution in [3.05, 3.63) is 118 Å². The summed E-state index contributed by atoms with van der Waals surface area (Å²) in [4.78, 5) is 20.4. The van der Waals surface area contributed by atoms with Gasteiger partial charge >= 0.3 is 0 Å². The highest BCUT2D eigenvalue weighted by atomic mass is 35.5. The fraction of sp³-hybridized carbons (Fsp3) is 0.0333. The van der Waals surface area contributed by atoms with Crippen molar-refractivity contribution in [2.24, 2.45) is 5.10 Å². The summed E-state index contributed by atoms with van der Waals surface area (Å²) in [6, 6.07) is 30.2. The Bertz CT molecular complexity index is 1860. The van der Waals surface area contributed by atoms with Gasteiger partial charge in [-0.05, 0) is 72.3 Å². The minimum absolute atomic E-state index is 0.288. The number of fused-ring (bicyclic) bond motifs is 2. The van der Waals surface area contributed by atoms with E-state index in [0.717, 1.165) is 20.7 Å². The van der Waals surface area contributed by atoms with Gasteiger partial charge in [-0.2, -0.15) is 9.78 Å². The molecule has 6 nitrogen and oxygen atoms in total. The van der Waals surface area contributed by atoms with Gasteiger partial charge in [0, 0.05) is 14.8 Å². The second-order valence-corrected chi connectivity index (χ2v) is 10.0. The van der Waals surface area contributed by atoms with Crippen LogP contribution in [0.25, 0.3) is 33.5 Å². The average molecular weight is 538 g/mol. The third-order valence-electron chi connectivity index (χ3n) is 5.97. The smallest absolute Gasteiger partial charge is 0.282 e. The fourth-order valence-electron chi connectivity index (χ4n) is 4.10. The molecule has 0 aliphatic heterocycles. The summed E-state index contributed by atoms with van der Waals surface area (Å²) in [5.74, 6) is 1.39. The molecule has 0 aliphatic rings. The van der Waals surface area contributed by atoms with E-state index in [9.17, 15) is 4.79 Å². The van der Waals surface area contributed by atoms with Crippen molar-refractivity contribution in [2.45, 2.75) is 9.79 Å². The van der Waals surface area contributed by atoms with Crippen molar-refractivity contribution >= 4 is 51.4 Å². The third kappa shape index (κ3) is 4.69. The van der Waals surface area contributed by atoms with Gasteiger partial charge in [0.15, 0.2) is 5.76 Å². The molecular formula is C30H20ClN3O3S. The normalized spacial score (nSPS) is 11.5. The number of hydrogen-bond donors (Lipinski definition) is 0. The molecule has 6 aromatic rings. The molecule has 0 atom stereocenters. The molecule has 0 fully saturated rings. The van der Waals surface area contributed by atoms with Crippen molar-refractivity contribution in [1.82, 2.24) is 9.66 Å². The van der Waals surface area contributed by atoms with Crippen LogP contribution in [0, 0.1) is 0 Å². The van der Waals surface area contributed by atoms with Crippen LogP contribution in [-0.4, -0.2) is 23.0 Å². The van der Waals surface area contributed by atoms with Crippen LogP contribution >= 0.6 is 23.4 Å². The Hall–Kier alpha value is -4.33. The minimum Gasteiger partial charge on any atom is -0.496 e. The van der Waals surface area contributed by atoms with Crippen LogP contribution in [0.3, 0.4) is 0 Å². The van der Waals surface area contributed by atoms with Crippen LogP contribution in [0.2, 0.25) is 5.02 Å². The number of para-hydroxylation sites is 1. The molecule has 0 aliphatic carbocycles. The first kappa shape index (κ1) is 24.0. The average Bonchev–Trinajstić information content (AvgIpc) is 3.39. The van der Waals surface area contributed by atoms with E-state index in [1.54, 1.807) is 37.2 Å². The number of hydrogen-bond acceptors (Lipinski definition) is 6. The van der Waals surface area contributed by atoms with Crippen LogP contribution in [0.5, 0.6) is 5.75 Å². The Balaban J connectivity index is 1.39. The van der Waals surface area contributed by atoms with Gasteiger partial charge in [-0.25, -0.2) is 4.98 Å². The molecule has 2 heterocycles. The number of halogens is 1. The molecule has 0 saturated carbocycles. The number of benzene rings is 4. The van der Waals surface area contributed by atoms with E-state index >= 15 is 0 Å². The highest BCUT2D eigenvalue weighted by Crippen LogP contribution is 2.33. The van der Waals surface area contributed by atoms with Crippen LogP contribution in [0.1, 0.15) is 5.56 Å². The first-order valence-electron chi connectivity index (χ1n) is 11.8. The first-order valence-corrected chi connectivity index (χ1v) is 12.9. The standard InChI is InChI=1S/C30H20ClN3O3S/c1-36-26-7-4-8-27-24(26)17-28(37-27)29-33-25-6-3-2-5-23(25)30(35)34(29)32-18-19-9-13-21(14-10-19)38-22-15-11-20(31)12-16-22/h2-18H,1H3. The molecule has 186 valence electrons. The number of furan rings is 1. The van der Waals surface area contributed by atoms with E-state index in [4.69, 9.17) is 25.7 Å². The highest BCUT2D eigenvalue weighted by molar-refractivity contribution is 7.99. The second-order valence-electron chi connectivity index (χ2n) is 8.42. The fourth-order valence-corrected chi connectivity index (χ4v) is 5.04. The van der Waals surface area contributed by atoms with Gasteiger partial charge in [-0.15, -0.1) is 0 Å². The Morgan fingerprint density at radius 1 is 0.921 bits per heavy atom. The predicted molar refractivity (Wildman–Crippen MR) is 153 cm³/mol. The van der Waals surface area contributed by atoms with Gasteiger partial charge in [-0.1, -0.05) is 53.7 Å². The lowest BCUT2D eigenvalue weighted by atomic mass is 10.2. The van der Waals surface area contributed by atoms with Crippen molar-refractivity contribution in [3.63, 3.8) is 0 Å². The molecular weight excluding hydrogens is 518 g/mol. The summed E-state index contributed by atoms with van der Waals surface area (Å²) in [7, 11) is 1.61. The zero-order valence-electron chi connectivity index (χ0n) is 20.2. The lowest BCUT2D eigenvalue weighted by Gasteiger charge is -2.07. The molecule has 6 rings (SSSR count). The number of rotatable bonds is 6. The Morgan fingerprint density at radius 2 is 1.66 bits per heavy atom. The Morgan fingerprint density at radius 3 is 2.42 bits per heavy atom. The maximum absolute atomic E-state index is 13.5. The largest absolute Gasteiger partial charge is 0.496 e. The summed E-state index contributed by atoms with van der Waals surface area (Å²) in [6.07, 6.45) is 1.64. The summed E-state index contributed by atoms with van der Waals surface area (Å²) in [6.45, 7) is 0. The maximum atomic E-state index is 13.5. The van der Waals surface area contributed by atoms with Gasteiger partial charge in [-0.3, -0.25) is 4.79 Å². The van der Waals surface area contributed by atoms with Gasteiger partial charge in [0.25, 0.3) is 5.56 Å². The van der Waals surface area contributed by atoms with E-state index in [1.807, 2.05) is 84.9 Å². The van der Waals surface area contributed by atoms with E-state index in [-0.39, 0.29) is 5.56 Å².